The number of nitriles is 1. The van der Waals surface area contributed by atoms with Crippen molar-refractivity contribution in [2.24, 2.45) is 0 Å². The minimum Gasteiger partial charge on any atom is -0.479 e. The van der Waals surface area contributed by atoms with Gasteiger partial charge in [0.05, 0.1) is 30.8 Å². The minimum absolute atomic E-state index is 0.0180. The molecule has 1 saturated heterocycles. The van der Waals surface area contributed by atoms with E-state index >= 15 is 0 Å². The Bertz CT molecular complexity index is 1470. The van der Waals surface area contributed by atoms with Gasteiger partial charge in [-0.25, -0.2) is 19.6 Å². The Labute approximate surface area is 216 Å². The number of rotatable bonds is 5. The predicted octanol–water partition coefficient (Wildman–Crippen LogP) is 4.63. The fourth-order valence-electron chi connectivity index (χ4n) is 5.50. The lowest BCUT2D eigenvalue weighted by atomic mass is 9.87. The molecule has 2 aliphatic rings. The van der Waals surface area contributed by atoms with Crippen molar-refractivity contribution in [3.8, 4) is 29.2 Å². The van der Waals surface area contributed by atoms with E-state index in [9.17, 15) is 5.26 Å². The van der Waals surface area contributed by atoms with Crippen molar-refractivity contribution in [3.05, 3.63) is 65.5 Å². The number of benzene rings is 1. The van der Waals surface area contributed by atoms with Gasteiger partial charge in [0.1, 0.15) is 17.2 Å². The van der Waals surface area contributed by atoms with Gasteiger partial charge in [-0.05, 0) is 74.9 Å². The third kappa shape index (κ3) is 4.33. The van der Waals surface area contributed by atoms with E-state index in [0.717, 1.165) is 55.2 Å². The van der Waals surface area contributed by atoms with E-state index < -0.39 is 0 Å². The number of aromatic nitrogens is 6. The van der Waals surface area contributed by atoms with Gasteiger partial charge in [-0.15, -0.1) is 5.10 Å². The van der Waals surface area contributed by atoms with Gasteiger partial charge in [0.25, 0.3) is 0 Å². The maximum atomic E-state index is 9.92. The van der Waals surface area contributed by atoms with Crippen LogP contribution in [0.15, 0.2) is 42.9 Å². The van der Waals surface area contributed by atoms with Crippen LogP contribution in [0.4, 0.5) is 5.69 Å². The summed E-state index contributed by atoms with van der Waals surface area (Å²) in [6.45, 7) is 4.88. The summed E-state index contributed by atoms with van der Waals surface area (Å²) >= 11 is 0. The summed E-state index contributed by atoms with van der Waals surface area (Å²) in [6, 6.07) is 12.6. The number of fused-ring (bicyclic) bond motifs is 1. The first-order chi connectivity index (χ1) is 18.1. The smallest absolute Gasteiger partial charge is 0.238 e. The normalized spacial score (nSPS) is 17.3. The molecule has 0 bridgehead atoms. The van der Waals surface area contributed by atoms with Crippen LogP contribution in [0.5, 0.6) is 5.88 Å². The summed E-state index contributed by atoms with van der Waals surface area (Å²) in [6.07, 6.45) is 9.31. The van der Waals surface area contributed by atoms with Gasteiger partial charge in [0.2, 0.25) is 5.88 Å². The maximum Gasteiger partial charge on any atom is 0.238 e. The molecule has 4 aromatic rings. The monoisotopic (exact) mass is 494 g/mol. The number of hydrogen-bond acceptors (Lipinski definition) is 7. The van der Waals surface area contributed by atoms with Gasteiger partial charge in [-0.3, -0.25) is 0 Å². The molecule has 9 heteroatoms. The Balaban J connectivity index is 1.36. The van der Waals surface area contributed by atoms with Gasteiger partial charge in [-0.2, -0.15) is 5.26 Å². The number of ether oxygens (including phenoxy) is 1. The molecule has 5 heterocycles. The molecule has 1 fully saturated rings. The molecule has 2 aliphatic heterocycles. The molecule has 6 rings (SSSR count). The van der Waals surface area contributed by atoms with Crippen LogP contribution in [0.3, 0.4) is 0 Å². The Morgan fingerprint density at radius 1 is 1.03 bits per heavy atom. The molecule has 0 aliphatic carbocycles. The molecular weight excluding hydrogens is 464 g/mol. The Morgan fingerprint density at radius 2 is 1.89 bits per heavy atom. The van der Waals surface area contributed by atoms with Crippen molar-refractivity contribution in [1.82, 2.24) is 29.3 Å². The number of pyridine rings is 1. The predicted molar refractivity (Wildman–Crippen MR) is 140 cm³/mol. The van der Waals surface area contributed by atoms with Gasteiger partial charge >= 0.3 is 0 Å². The van der Waals surface area contributed by atoms with Crippen molar-refractivity contribution >= 4 is 5.69 Å². The minimum atomic E-state index is 0.0180. The average Bonchev–Trinajstić information content (AvgIpc) is 3.59. The zero-order chi connectivity index (χ0) is 25.4. The topological polar surface area (TPSA) is 97.7 Å². The third-order valence-corrected chi connectivity index (χ3v) is 7.38. The van der Waals surface area contributed by atoms with E-state index in [1.54, 1.807) is 13.4 Å². The Morgan fingerprint density at radius 3 is 2.65 bits per heavy atom. The highest BCUT2D eigenvalue weighted by Crippen LogP contribution is 2.37. The number of imidazole rings is 1. The standard InChI is InChI=1S/C28H30N8O/c1-19-17-35(18-30-19)25-11-10-24(31-28(25)37-2)26-32-27-22(7-6-14-36(27)33-26)23-15-21(9-8-20(23)16-29)34-12-4-3-5-13-34/h8-11,15,17-18,22H,3-7,12-14H2,1-2H3/t22-/m1/s1. The highest BCUT2D eigenvalue weighted by atomic mass is 16.5. The third-order valence-electron chi connectivity index (χ3n) is 7.38. The van der Waals surface area contributed by atoms with Gasteiger partial charge in [0, 0.05) is 37.4 Å². The molecule has 0 amide bonds. The zero-order valence-corrected chi connectivity index (χ0v) is 21.3. The fourth-order valence-corrected chi connectivity index (χ4v) is 5.50. The largest absolute Gasteiger partial charge is 0.479 e. The number of anilines is 1. The quantitative estimate of drug-likeness (QED) is 0.399. The maximum absolute atomic E-state index is 9.92. The number of nitrogens with zero attached hydrogens (tertiary/aromatic N) is 8. The summed E-state index contributed by atoms with van der Waals surface area (Å²) in [5, 5.41) is 14.7. The molecule has 0 N–H and O–H groups in total. The van der Waals surface area contributed by atoms with E-state index in [1.165, 1.54) is 24.9 Å². The van der Waals surface area contributed by atoms with E-state index in [4.69, 9.17) is 19.8 Å². The summed E-state index contributed by atoms with van der Waals surface area (Å²) in [5.74, 6) is 1.97. The van der Waals surface area contributed by atoms with Crippen molar-refractivity contribution in [2.75, 3.05) is 25.1 Å². The van der Waals surface area contributed by atoms with Crippen LogP contribution in [0.1, 0.15) is 60.7 Å². The molecular formula is C28H30N8O. The number of methoxy groups -OCH3 is 1. The Kier molecular flexibility index (Phi) is 6.08. The fraction of sp³-hybridized carbons (Fsp3) is 0.393. The van der Waals surface area contributed by atoms with Gasteiger partial charge < -0.3 is 14.2 Å². The first kappa shape index (κ1) is 23.2. The van der Waals surface area contributed by atoms with Gasteiger partial charge in [0.15, 0.2) is 5.82 Å². The molecule has 9 nitrogen and oxygen atoms in total. The lowest BCUT2D eigenvalue weighted by Gasteiger charge is -2.30. The molecule has 1 aromatic carbocycles. The first-order valence-electron chi connectivity index (χ1n) is 12.9. The highest BCUT2D eigenvalue weighted by Gasteiger charge is 2.29. The zero-order valence-electron chi connectivity index (χ0n) is 21.3. The summed E-state index contributed by atoms with van der Waals surface area (Å²) in [5.41, 5.74) is 5.33. The lowest BCUT2D eigenvalue weighted by molar-refractivity contribution is 0.396. The summed E-state index contributed by atoms with van der Waals surface area (Å²) in [4.78, 5) is 16.4. The molecule has 37 heavy (non-hydrogen) atoms. The van der Waals surface area contributed by atoms with Crippen LogP contribution in [-0.2, 0) is 6.54 Å². The summed E-state index contributed by atoms with van der Waals surface area (Å²) in [7, 11) is 1.61. The SMILES string of the molecule is COc1nc(-c2nc3n(n2)CCC[C@@H]3c2cc(N3CCCCC3)ccc2C#N)ccc1-n1cnc(C)c1. The van der Waals surface area contributed by atoms with Crippen LogP contribution >= 0.6 is 0 Å². The second kappa shape index (κ2) is 9.69. The molecule has 0 spiro atoms. The molecule has 0 radical (unpaired) electrons. The van der Waals surface area contributed by atoms with E-state index in [0.29, 0.717) is 23.0 Å². The van der Waals surface area contributed by atoms with Crippen molar-refractivity contribution in [1.29, 1.82) is 5.26 Å². The van der Waals surface area contributed by atoms with E-state index in [1.807, 2.05) is 40.6 Å². The second-order valence-corrected chi connectivity index (χ2v) is 9.79. The number of piperidine rings is 1. The van der Waals surface area contributed by atoms with Crippen LogP contribution in [0.2, 0.25) is 0 Å². The molecule has 188 valence electrons. The van der Waals surface area contributed by atoms with Crippen LogP contribution in [0, 0.1) is 18.3 Å². The molecule has 1 atom stereocenters. The lowest BCUT2D eigenvalue weighted by Crippen LogP contribution is -2.29. The van der Waals surface area contributed by atoms with Crippen molar-refractivity contribution in [2.45, 2.75) is 51.5 Å². The second-order valence-electron chi connectivity index (χ2n) is 9.79. The first-order valence-corrected chi connectivity index (χ1v) is 12.9. The average molecular weight is 495 g/mol. The number of aryl methyl sites for hydroxylation is 2. The Hall–Kier alpha value is -4.19. The van der Waals surface area contributed by atoms with E-state index in [-0.39, 0.29) is 5.92 Å². The van der Waals surface area contributed by atoms with Crippen molar-refractivity contribution in [3.63, 3.8) is 0 Å². The van der Waals surface area contributed by atoms with Gasteiger partial charge in [-0.1, -0.05) is 0 Å². The number of hydrogen-bond donors (Lipinski definition) is 0. The van der Waals surface area contributed by atoms with Crippen LogP contribution < -0.4 is 9.64 Å². The highest BCUT2D eigenvalue weighted by molar-refractivity contribution is 5.58. The van der Waals surface area contributed by atoms with Crippen LogP contribution in [-0.4, -0.2) is 49.5 Å². The van der Waals surface area contributed by atoms with Crippen LogP contribution in [0.25, 0.3) is 17.2 Å². The summed E-state index contributed by atoms with van der Waals surface area (Å²) < 4.78 is 9.48. The van der Waals surface area contributed by atoms with E-state index in [2.05, 4.69) is 28.1 Å². The molecule has 0 saturated carbocycles. The van der Waals surface area contributed by atoms with Crippen molar-refractivity contribution < 1.29 is 4.74 Å². The molecule has 0 unspecified atom stereocenters. The molecule has 3 aromatic heterocycles.